The van der Waals surface area contributed by atoms with Gasteiger partial charge in [0, 0.05) is 6.54 Å². The minimum atomic E-state index is -0.179. The zero-order valence-corrected chi connectivity index (χ0v) is 11.9. The van der Waals surface area contributed by atoms with Crippen LogP contribution in [0.5, 0.6) is 0 Å². The predicted octanol–water partition coefficient (Wildman–Crippen LogP) is 3.97. The lowest BCUT2D eigenvalue weighted by atomic mass is 10.1. The molecule has 0 saturated carbocycles. The van der Waals surface area contributed by atoms with Gasteiger partial charge in [-0.2, -0.15) is 5.26 Å². The maximum Gasteiger partial charge on any atom is 0.132 e. The van der Waals surface area contributed by atoms with Crippen molar-refractivity contribution >= 4 is 17.4 Å². The SMILES string of the molecule is Cc1cc(CNc2cc(C#N)cc(Cl)n2)cc(C)c1F. The molecule has 3 nitrogen and oxygen atoms in total. The fourth-order valence-electron chi connectivity index (χ4n) is 1.98. The molecular weight excluding hydrogens is 277 g/mol. The van der Waals surface area contributed by atoms with Crippen LogP contribution >= 0.6 is 11.6 Å². The molecule has 0 unspecified atom stereocenters. The Labute approximate surface area is 122 Å². The quantitative estimate of drug-likeness (QED) is 0.870. The van der Waals surface area contributed by atoms with Crippen LogP contribution in [0.1, 0.15) is 22.3 Å². The molecular formula is C15H13ClFN3. The van der Waals surface area contributed by atoms with E-state index in [9.17, 15) is 4.39 Å². The molecule has 1 aromatic heterocycles. The Kier molecular flexibility index (Phi) is 4.21. The van der Waals surface area contributed by atoms with E-state index in [1.54, 1.807) is 32.0 Å². The molecule has 2 aromatic rings. The smallest absolute Gasteiger partial charge is 0.132 e. The first-order valence-electron chi connectivity index (χ1n) is 6.07. The largest absolute Gasteiger partial charge is 0.366 e. The Morgan fingerprint density at radius 3 is 2.50 bits per heavy atom. The lowest BCUT2D eigenvalue weighted by Crippen LogP contribution is -2.03. The van der Waals surface area contributed by atoms with Crippen LogP contribution in [0.2, 0.25) is 5.15 Å². The number of hydrogen-bond acceptors (Lipinski definition) is 3. The van der Waals surface area contributed by atoms with Crippen molar-refractivity contribution in [2.75, 3.05) is 5.32 Å². The number of rotatable bonds is 3. The third-order valence-electron chi connectivity index (χ3n) is 2.89. The Morgan fingerprint density at radius 2 is 1.90 bits per heavy atom. The van der Waals surface area contributed by atoms with E-state index in [2.05, 4.69) is 10.3 Å². The summed E-state index contributed by atoms with van der Waals surface area (Å²) in [5.41, 5.74) is 2.61. The summed E-state index contributed by atoms with van der Waals surface area (Å²) in [5.74, 6) is 0.343. The molecule has 20 heavy (non-hydrogen) atoms. The molecule has 0 amide bonds. The molecule has 0 atom stereocenters. The molecule has 1 N–H and O–H groups in total. The highest BCUT2D eigenvalue weighted by Gasteiger charge is 2.05. The van der Waals surface area contributed by atoms with Gasteiger partial charge in [-0.05, 0) is 42.7 Å². The molecule has 102 valence electrons. The first kappa shape index (κ1) is 14.3. The van der Waals surface area contributed by atoms with Crippen molar-refractivity contribution < 1.29 is 4.39 Å². The highest BCUT2D eigenvalue weighted by molar-refractivity contribution is 6.29. The number of nitrogens with zero attached hydrogens (tertiary/aromatic N) is 2. The van der Waals surface area contributed by atoms with Gasteiger partial charge in [-0.25, -0.2) is 9.37 Å². The summed E-state index contributed by atoms with van der Waals surface area (Å²) in [5, 5.41) is 12.2. The summed E-state index contributed by atoms with van der Waals surface area (Å²) in [7, 11) is 0. The Balaban J connectivity index is 2.17. The van der Waals surface area contributed by atoms with Crippen molar-refractivity contribution in [3.63, 3.8) is 0 Å². The molecule has 0 aliphatic carbocycles. The van der Waals surface area contributed by atoms with Crippen LogP contribution < -0.4 is 5.32 Å². The minimum absolute atomic E-state index is 0.179. The fraction of sp³-hybridized carbons (Fsp3) is 0.200. The van der Waals surface area contributed by atoms with Crippen LogP contribution in [-0.2, 0) is 6.54 Å². The number of aromatic nitrogens is 1. The summed E-state index contributed by atoms with van der Waals surface area (Å²) in [4.78, 5) is 4.09. The summed E-state index contributed by atoms with van der Waals surface area (Å²) >= 11 is 5.83. The number of nitrogens with one attached hydrogen (secondary N) is 1. The maximum absolute atomic E-state index is 13.5. The zero-order chi connectivity index (χ0) is 14.7. The van der Waals surface area contributed by atoms with Crippen LogP contribution in [0.15, 0.2) is 24.3 Å². The average molecular weight is 290 g/mol. The molecule has 0 spiro atoms. The van der Waals surface area contributed by atoms with E-state index >= 15 is 0 Å². The minimum Gasteiger partial charge on any atom is -0.366 e. The molecule has 0 aliphatic heterocycles. The van der Waals surface area contributed by atoms with Crippen molar-refractivity contribution in [3.05, 3.63) is 57.5 Å². The van der Waals surface area contributed by atoms with E-state index in [1.807, 2.05) is 6.07 Å². The first-order valence-corrected chi connectivity index (χ1v) is 6.44. The van der Waals surface area contributed by atoms with Gasteiger partial charge in [0.2, 0.25) is 0 Å². The van der Waals surface area contributed by atoms with Crippen molar-refractivity contribution in [1.82, 2.24) is 4.98 Å². The summed E-state index contributed by atoms with van der Waals surface area (Å²) in [6, 6.07) is 8.70. The van der Waals surface area contributed by atoms with E-state index < -0.39 is 0 Å². The lowest BCUT2D eigenvalue weighted by molar-refractivity contribution is 0.608. The second kappa shape index (κ2) is 5.89. The van der Waals surface area contributed by atoms with Gasteiger partial charge in [-0.15, -0.1) is 0 Å². The van der Waals surface area contributed by atoms with Gasteiger partial charge in [0.15, 0.2) is 0 Å². The van der Waals surface area contributed by atoms with Gasteiger partial charge in [0.05, 0.1) is 11.6 Å². The predicted molar refractivity (Wildman–Crippen MR) is 77.2 cm³/mol. The van der Waals surface area contributed by atoms with E-state index in [-0.39, 0.29) is 11.0 Å². The monoisotopic (exact) mass is 289 g/mol. The van der Waals surface area contributed by atoms with Crippen molar-refractivity contribution in [1.29, 1.82) is 5.26 Å². The van der Waals surface area contributed by atoms with E-state index in [0.717, 1.165) is 5.56 Å². The van der Waals surface area contributed by atoms with Crippen molar-refractivity contribution in [3.8, 4) is 6.07 Å². The van der Waals surface area contributed by atoms with E-state index in [1.165, 1.54) is 6.07 Å². The molecule has 0 saturated heterocycles. The fourth-order valence-corrected chi connectivity index (χ4v) is 2.19. The lowest BCUT2D eigenvalue weighted by Gasteiger charge is -2.09. The molecule has 1 aromatic carbocycles. The van der Waals surface area contributed by atoms with E-state index in [0.29, 0.717) is 29.1 Å². The standard InChI is InChI=1S/C15H13ClFN3/c1-9-3-12(4-10(2)15(9)17)8-19-14-6-11(7-18)5-13(16)20-14/h3-6H,8H2,1-2H3,(H,19,20). The van der Waals surface area contributed by atoms with Crippen LogP contribution in [-0.4, -0.2) is 4.98 Å². The molecule has 0 fully saturated rings. The van der Waals surface area contributed by atoms with Crippen LogP contribution in [0.3, 0.4) is 0 Å². The van der Waals surface area contributed by atoms with Crippen LogP contribution in [0.25, 0.3) is 0 Å². The third-order valence-corrected chi connectivity index (χ3v) is 3.09. The molecule has 0 radical (unpaired) electrons. The van der Waals surface area contributed by atoms with Gasteiger partial charge >= 0.3 is 0 Å². The second-order valence-corrected chi connectivity index (χ2v) is 4.96. The number of hydrogen-bond donors (Lipinski definition) is 1. The first-order chi connectivity index (χ1) is 9.49. The topological polar surface area (TPSA) is 48.7 Å². The Hall–Kier alpha value is -2.12. The Bertz CT molecular complexity index is 669. The molecule has 1 heterocycles. The number of halogens is 2. The summed E-state index contributed by atoms with van der Waals surface area (Å²) in [6.07, 6.45) is 0. The van der Waals surface area contributed by atoms with Crippen molar-refractivity contribution in [2.24, 2.45) is 0 Å². The molecule has 5 heteroatoms. The number of pyridine rings is 1. The third kappa shape index (κ3) is 3.25. The van der Waals surface area contributed by atoms with Gasteiger partial charge < -0.3 is 5.32 Å². The Morgan fingerprint density at radius 1 is 1.25 bits per heavy atom. The van der Waals surface area contributed by atoms with Gasteiger partial charge in [-0.1, -0.05) is 23.7 Å². The number of anilines is 1. The van der Waals surface area contributed by atoms with Crippen LogP contribution in [0.4, 0.5) is 10.2 Å². The van der Waals surface area contributed by atoms with E-state index in [4.69, 9.17) is 16.9 Å². The highest BCUT2D eigenvalue weighted by Crippen LogP contribution is 2.17. The summed E-state index contributed by atoms with van der Waals surface area (Å²) < 4.78 is 13.5. The number of aryl methyl sites for hydroxylation is 2. The highest BCUT2D eigenvalue weighted by atomic mass is 35.5. The summed E-state index contributed by atoms with van der Waals surface area (Å²) in [6.45, 7) is 3.95. The molecule has 0 aliphatic rings. The van der Waals surface area contributed by atoms with Gasteiger partial charge in [-0.3, -0.25) is 0 Å². The van der Waals surface area contributed by atoms with Gasteiger partial charge in [0.1, 0.15) is 16.8 Å². The van der Waals surface area contributed by atoms with Gasteiger partial charge in [0.25, 0.3) is 0 Å². The molecule has 0 bridgehead atoms. The second-order valence-electron chi connectivity index (χ2n) is 4.57. The number of benzene rings is 1. The maximum atomic E-state index is 13.5. The molecule has 2 rings (SSSR count). The normalized spacial score (nSPS) is 10.2. The average Bonchev–Trinajstić information content (AvgIpc) is 2.41. The zero-order valence-electron chi connectivity index (χ0n) is 11.2. The van der Waals surface area contributed by atoms with Crippen LogP contribution in [0, 0.1) is 31.0 Å². The number of nitriles is 1. The van der Waals surface area contributed by atoms with Crippen molar-refractivity contribution in [2.45, 2.75) is 20.4 Å².